The first-order valence-corrected chi connectivity index (χ1v) is 5.85. The van der Waals surface area contributed by atoms with E-state index in [1.54, 1.807) is 4.90 Å². The molecule has 0 aliphatic heterocycles. The molecule has 2 N–H and O–H groups in total. The van der Waals surface area contributed by atoms with Crippen LogP contribution in [0.15, 0.2) is 0 Å². The predicted molar refractivity (Wildman–Crippen MR) is 64.5 cm³/mol. The molecule has 0 aromatic rings. The van der Waals surface area contributed by atoms with Crippen LogP contribution in [-0.2, 0) is 4.79 Å². The van der Waals surface area contributed by atoms with E-state index >= 15 is 0 Å². The first-order valence-electron chi connectivity index (χ1n) is 5.85. The van der Waals surface area contributed by atoms with Crippen LogP contribution < -0.4 is 5.73 Å². The number of hydrogen-bond donors (Lipinski definition) is 1. The van der Waals surface area contributed by atoms with Crippen LogP contribution >= 0.6 is 0 Å². The van der Waals surface area contributed by atoms with Crippen molar-refractivity contribution in [2.24, 2.45) is 17.6 Å². The molecule has 0 saturated carbocycles. The summed E-state index contributed by atoms with van der Waals surface area (Å²) >= 11 is 0. The molecular weight excluding hydrogens is 188 g/mol. The van der Waals surface area contributed by atoms with Crippen LogP contribution in [0.4, 0.5) is 0 Å². The molecular formula is C12H26N2O. The topological polar surface area (TPSA) is 46.3 Å². The summed E-state index contributed by atoms with van der Waals surface area (Å²) in [5, 5.41) is 0. The summed E-state index contributed by atoms with van der Waals surface area (Å²) in [6.45, 7) is 10.4. The van der Waals surface area contributed by atoms with E-state index in [9.17, 15) is 4.79 Å². The van der Waals surface area contributed by atoms with Crippen molar-refractivity contribution in [3.05, 3.63) is 0 Å². The van der Waals surface area contributed by atoms with Gasteiger partial charge in [0.1, 0.15) is 0 Å². The molecule has 0 aliphatic rings. The van der Waals surface area contributed by atoms with Crippen LogP contribution in [-0.4, -0.2) is 29.9 Å². The monoisotopic (exact) mass is 214 g/mol. The minimum Gasteiger partial charge on any atom is -0.341 e. The van der Waals surface area contributed by atoms with Crippen LogP contribution in [0.3, 0.4) is 0 Å². The van der Waals surface area contributed by atoms with Gasteiger partial charge in [0.15, 0.2) is 0 Å². The maximum atomic E-state index is 12.0. The normalized spacial score (nSPS) is 17.3. The summed E-state index contributed by atoms with van der Waals surface area (Å²) in [6.07, 6.45) is 0.941. The summed E-state index contributed by atoms with van der Waals surface area (Å²) in [7, 11) is 1.84. The molecule has 90 valence electrons. The van der Waals surface area contributed by atoms with Gasteiger partial charge < -0.3 is 10.6 Å². The van der Waals surface area contributed by atoms with E-state index in [0.717, 1.165) is 6.42 Å². The maximum Gasteiger partial charge on any atom is 0.239 e. The van der Waals surface area contributed by atoms with Crippen molar-refractivity contribution in [3.63, 3.8) is 0 Å². The fourth-order valence-corrected chi connectivity index (χ4v) is 1.38. The molecule has 0 radical (unpaired) electrons. The molecule has 0 aromatic carbocycles. The molecule has 3 unspecified atom stereocenters. The minimum atomic E-state index is -0.360. The van der Waals surface area contributed by atoms with Gasteiger partial charge in [0.2, 0.25) is 5.91 Å². The van der Waals surface area contributed by atoms with Crippen molar-refractivity contribution >= 4 is 5.91 Å². The summed E-state index contributed by atoms with van der Waals surface area (Å²) < 4.78 is 0. The third-order valence-electron chi connectivity index (χ3n) is 3.47. The Balaban J connectivity index is 4.43. The lowest BCUT2D eigenvalue weighted by molar-refractivity contribution is -0.135. The van der Waals surface area contributed by atoms with Gasteiger partial charge in [-0.2, -0.15) is 0 Å². The Morgan fingerprint density at radius 1 is 1.27 bits per heavy atom. The van der Waals surface area contributed by atoms with Crippen LogP contribution in [0.1, 0.15) is 41.0 Å². The summed E-state index contributed by atoms with van der Waals surface area (Å²) in [4.78, 5) is 13.8. The highest BCUT2D eigenvalue weighted by Crippen LogP contribution is 2.13. The van der Waals surface area contributed by atoms with Crippen LogP contribution in [0.5, 0.6) is 0 Å². The predicted octanol–water partition coefficient (Wildman–Crippen LogP) is 1.86. The average Bonchev–Trinajstić information content (AvgIpc) is 2.23. The summed E-state index contributed by atoms with van der Waals surface area (Å²) in [5.74, 6) is 0.771. The van der Waals surface area contributed by atoms with E-state index in [-0.39, 0.29) is 23.9 Å². The zero-order valence-corrected chi connectivity index (χ0v) is 10.9. The Labute approximate surface area is 94.0 Å². The first-order chi connectivity index (χ1) is 6.82. The third kappa shape index (κ3) is 3.82. The SMILES string of the molecule is CCC(C)C(N)C(=O)N(C)C(C)C(C)C. The zero-order chi connectivity index (χ0) is 12.2. The molecule has 15 heavy (non-hydrogen) atoms. The molecule has 0 saturated heterocycles. The smallest absolute Gasteiger partial charge is 0.239 e. The maximum absolute atomic E-state index is 12.0. The standard InChI is InChI=1S/C12H26N2O/c1-7-9(4)11(13)12(15)14(6)10(5)8(2)3/h8-11H,7,13H2,1-6H3. The highest BCUT2D eigenvalue weighted by atomic mass is 16.2. The lowest BCUT2D eigenvalue weighted by Crippen LogP contribution is -2.49. The van der Waals surface area contributed by atoms with Crippen molar-refractivity contribution in [3.8, 4) is 0 Å². The Kier molecular flexibility index (Phi) is 5.88. The van der Waals surface area contributed by atoms with Gasteiger partial charge in [-0.1, -0.05) is 34.1 Å². The Morgan fingerprint density at radius 3 is 2.07 bits per heavy atom. The molecule has 0 aliphatic carbocycles. The van der Waals surface area contributed by atoms with Gasteiger partial charge in [0.25, 0.3) is 0 Å². The van der Waals surface area contributed by atoms with Crippen LogP contribution in [0, 0.1) is 11.8 Å². The highest BCUT2D eigenvalue weighted by Gasteiger charge is 2.26. The van der Waals surface area contributed by atoms with Crippen molar-refractivity contribution in [1.82, 2.24) is 4.90 Å². The molecule has 0 bridgehead atoms. The summed E-state index contributed by atoms with van der Waals surface area (Å²) in [6, 6.07) is -0.117. The fourth-order valence-electron chi connectivity index (χ4n) is 1.38. The molecule has 3 heteroatoms. The fraction of sp³-hybridized carbons (Fsp3) is 0.917. The van der Waals surface area contributed by atoms with Gasteiger partial charge in [0, 0.05) is 13.1 Å². The number of nitrogens with two attached hydrogens (primary N) is 1. The van der Waals surface area contributed by atoms with Gasteiger partial charge in [-0.3, -0.25) is 4.79 Å². The van der Waals surface area contributed by atoms with Crippen molar-refractivity contribution in [2.75, 3.05) is 7.05 Å². The molecule has 0 spiro atoms. The second kappa shape index (κ2) is 6.11. The molecule has 0 heterocycles. The second-order valence-electron chi connectivity index (χ2n) is 4.85. The molecule has 1 amide bonds. The van der Waals surface area contributed by atoms with Crippen molar-refractivity contribution < 1.29 is 4.79 Å². The second-order valence-corrected chi connectivity index (χ2v) is 4.85. The van der Waals surface area contributed by atoms with Gasteiger partial charge in [-0.15, -0.1) is 0 Å². The minimum absolute atomic E-state index is 0.0607. The number of likely N-dealkylation sites (N-methyl/N-ethyl adjacent to an activating group) is 1. The Bertz CT molecular complexity index is 204. The van der Waals surface area contributed by atoms with Gasteiger partial charge in [0.05, 0.1) is 6.04 Å². The largest absolute Gasteiger partial charge is 0.341 e. The van der Waals surface area contributed by atoms with E-state index in [2.05, 4.69) is 27.7 Å². The first kappa shape index (κ1) is 14.4. The number of carbonyl (C=O) groups excluding carboxylic acids is 1. The number of nitrogens with zero attached hydrogens (tertiary/aromatic N) is 1. The highest BCUT2D eigenvalue weighted by molar-refractivity contribution is 5.82. The van der Waals surface area contributed by atoms with Gasteiger partial charge in [-0.25, -0.2) is 0 Å². The Hall–Kier alpha value is -0.570. The number of hydrogen-bond acceptors (Lipinski definition) is 2. The van der Waals surface area contributed by atoms with E-state index < -0.39 is 0 Å². The molecule has 3 atom stereocenters. The lowest BCUT2D eigenvalue weighted by atomic mass is 9.97. The van der Waals surface area contributed by atoms with Gasteiger partial charge in [-0.05, 0) is 18.8 Å². The van der Waals surface area contributed by atoms with E-state index in [1.807, 2.05) is 14.0 Å². The Morgan fingerprint density at radius 2 is 1.73 bits per heavy atom. The van der Waals surface area contributed by atoms with Gasteiger partial charge >= 0.3 is 0 Å². The molecule has 0 aromatic heterocycles. The molecule has 0 fully saturated rings. The van der Waals surface area contributed by atoms with Crippen LogP contribution in [0.25, 0.3) is 0 Å². The number of carbonyl (C=O) groups is 1. The third-order valence-corrected chi connectivity index (χ3v) is 3.47. The molecule has 3 nitrogen and oxygen atoms in total. The van der Waals surface area contributed by atoms with E-state index in [0.29, 0.717) is 5.92 Å². The van der Waals surface area contributed by atoms with Crippen molar-refractivity contribution in [1.29, 1.82) is 0 Å². The quantitative estimate of drug-likeness (QED) is 0.759. The molecule has 0 rings (SSSR count). The number of rotatable bonds is 5. The van der Waals surface area contributed by atoms with E-state index in [4.69, 9.17) is 5.73 Å². The zero-order valence-electron chi connectivity index (χ0n) is 10.9. The summed E-state index contributed by atoms with van der Waals surface area (Å²) in [5.41, 5.74) is 5.92. The van der Waals surface area contributed by atoms with E-state index in [1.165, 1.54) is 0 Å². The average molecular weight is 214 g/mol. The van der Waals surface area contributed by atoms with Crippen molar-refractivity contribution in [2.45, 2.75) is 53.1 Å². The number of amides is 1. The van der Waals surface area contributed by atoms with Crippen LogP contribution in [0.2, 0.25) is 0 Å². The lowest BCUT2D eigenvalue weighted by Gasteiger charge is -2.31.